The molecule has 0 aliphatic carbocycles. The molecule has 1 aromatic heterocycles. The number of aliphatic hydroxyl groups is 1. The Kier molecular flexibility index (Phi) is 2.33. The van der Waals surface area contributed by atoms with Crippen LogP contribution >= 0.6 is 11.3 Å². The zero-order valence-corrected chi connectivity index (χ0v) is 7.76. The Labute approximate surface area is 76.4 Å². The maximum Gasteiger partial charge on any atom is 0.0476 e. The summed E-state index contributed by atoms with van der Waals surface area (Å²) in [7, 11) is 0. The molecule has 3 heteroatoms. The highest BCUT2D eigenvalue weighted by Crippen LogP contribution is 2.25. The molecule has 0 amide bonds. The lowest BCUT2D eigenvalue weighted by molar-refractivity contribution is 0.238. The molecule has 12 heavy (non-hydrogen) atoms. The second-order valence-electron chi connectivity index (χ2n) is 3.26. The van der Waals surface area contributed by atoms with Crippen molar-refractivity contribution in [3.63, 3.8) is 0 Å². The minimum atomic E-state index is 0.334. The van der Waals surface area contributed by atoms with Crippen LogP contribution in [0, 0.1) is 5.92 Å². The van der Waals surface area contributed by atoms with Gasteiger partial charge in [-0.05, 0) is 17.9 Å². The van der Waals surface area contributed by atoms with E-state index in [0.717, 1.165) is 19.5 Å². The van der Waals surface area contributed by atoms with Gasteiger partial charge < -0.3 is 10.0 Å². The number of hydrogen-bond acceptors (Lipinski definition) is 3. The number of anilines is 1. The maximum absolute atomic E-state index is 8.96. The first-order valence-electron chi connectivity index (χ1n) is 4.28. The van der Waals surface area contributed by atoms with Crippen LogP contribution in [0.25, 0.3) is 0 Å². The highest BCUT2D eigenvalue weighted by molar-refractivity contribution is 7.08. The van der Waals surface area contributed by atoms with Gasteiger partial charge in [0.2, 0.25) is 0 Å². The molecule has 1 N–H and O–H groups in total. The number of thiophene rings is 1. The summed E-state index contributed by atoms with van der Waals surface area (Å²) in [6.45, 7) is 2.45. The Bertz CT molecular complexity index is 235. The van der Waals surface area contributed by atoms with E-state index >= 15 is 0 Å². The van der Waals surface area contributed by atoms with Crippen molar-refractivity contribution in [2.75, 3.05) is 24.6 Å². The van der Waals surface area contributed by atoms with Crippen LogP contribution in [-0.4, -0.2) is 24.8 Å². The summed E-state index contributed by atoms with van der Waals surface area (Å²) in [6.07, 6.45) is 1.13. The molecule has 0 aromatic carbocycles. The summed E-state index contributed by atoms with van der Waals surface area (Å²) in [5.41, 5.74) is 1.32. The van der Waals surface area contributed by atoms with E-state index < -0.39 is 0 Å². The molecule has 1 aliphatic heterocycles. The van der Waals surface area contributed by atoms with Gasteiger partial charge in [0, 0.05) is 36.7 Å². The zero-order chi connectivity index (χ0) is 8.39. The minimum absolute atomic E-state index is 0.334. The van der Waals surface area contributed by atoms with Crippen molar-refractivity contribution in [3.05, 3.63) is 16.8 Å². The van der Waals surface area contributed by atoms with Gasteiger partial charge in [-0.25, -0.2) is 0 Å². The molecule has 1 fully saturated rings. The zero-order valence-electron chi connectivity index (χ0n) is 6.94. The van der Waals surface area contributed by atoms with E-state index in [1.165, 1.54) is 5.69 Å². The molecule has 1 aromatic rings. The SMILES string of the molecule is OC[C@H]1CCN(c2ccsc2)C1. The van der Waals surface area contributed by atoms with E-state index in [2.05, 4.69) is 21.7 Å². The first kappa shape index (κ1) is 8.08. The highest BCUT2D eigenvalue weighted by Gasteiger charge is 2.21. The van der Waals surface area contributed by atoms with E-state index in [0.29, 0.717) is 12.5 Å². The molecule has 0 radical (unpaired) electrons. The fourth-order valence-corrected chi connectivity index (χ4v) is 2.32. The van der Waals surface area contributed by atoms with Crippen LogP contribution in [0.2, 0.25) is 0 Å². The second kappa shape index (κ2) is 3.46. The van der Waals surface area contributed by atoms with Crippen molar-refractivity contribution in [2.24, 2.45) is 5.92 Å². The third kappa shape index (κ3) is 1.47. The van der Waals surface area contributed by atoms with Crippen molar-refractivity contribution in [1.82, 2.24) is 0 Å². The molecule has 0 bridgehead atoms. The molecule has 1 aliphatic rings. The maximum atomic E-state index is 8.96. The lowest BCUT2D eigenvalue weighted by atomic mass is 10.1. The summed E-state index contributed by atoms with van der Waals surface area (Å²) in [6, 6.07) is 2.14. The van der Waals surface area contributed by atoms with Crippen molar-refractivity contribution >= 4 is 17.0 Å². The molecule has 0 saturated carbocycles. The van der Waals surface area contributed by atoms with Crippen LogP contribution in [0.3, 0.4) is 0 Å². The fraction of sp³-hybridized carbons (Fsp3) is 0.556. The van der Waals surface area contributed by atoms with E-state index in [9.17, 15) is 0 Å². The fourth-order valence-electron chi connectivity index (χ4n) is 1.65. The first-order chi connectivity index (χ1) is 5.90. The lowest BCUT2D eigenvalue weighted by Gasteiger charge is -2.15. The summed E-state index contributed by atoms with van der Waals surface area (Å²) >= 11 is 1.73. The van der Waals surface area contributed by atoms with Gasteiger partial charge in [-0.2, -0.15) is 11.3 Å². The van der Waals surface area contributed by atoms with Gasteiger partial charge in [-0.3, -0.25) is 0 Å². The molecule has 0 unspecified atom stereocenters. The lowest BCUT2D eigenvalue weighted by Crippen LogP contribution is -2.19. The van der Waals surface area contributed by atoms with Gasteiger partial charge in [0.05, 0.1) is 0 Å². The van der Waals surface area contributed by atoms with Crippen molar-refractivity contribution in [1.29, 1.82) is 0 Å². The van der Waals surface area contributed by atoms with Crippen LogP contribution in [-0.2, 0) is 0 Å². The molecule has 2 nitrogen and oxygen atoms in total. The van der Waals surface area contributed by atoms with Crippen molar-refractivity contribution in [3.8, 4) is 0 Å². The Hall–Kier alpha value is -0.540. The molecular formula is C9H13NOS. The second-order valence-corrected chi connectivity index (χ2v) is 4.04. The Morgan fingerprint density at radius 2 is 2.58 bits per heavy atom. The van der Waals surface area contributed by atoms with E-state index in [1.807, 2.05) is 0 Å². The van der Waals surface area contributed by atoms with E-state index in [4.69, 9.17) is 5.11 Å². The van der Waals surface area contributed by atoms with Gasteiger partial charge in [0.1, 0.15) is 0 Å². The Balaban J connectivity index is 2.00. The van der Waals surface area contributed by atoms with E-state index in [1.54, 1.807) is 11.3 Å². The first-order valence-corrected chi connectivity index (χ1v) is 5.22. The van der Waals surface area contributed by atoms with Crippen LogP contribution in [0.5, 0.6) is 0 Å². The topological polar surface area (TPSA) is 23.5 Å². The highest BCUT2D eigenvalue weighted by atomic mass is 32.1. The van der Waals surface area contributed by atoms with Crippen LogP contribution in [0.4, 0.5) is 5.69 Å². The average Bonchev–Trinajstić information content (AvgIpc) is 2.75. The van der Waals surface area contributed by atoms with Gasteiger partial charge in [0.25, 0.3) is 0 Å². The van der Waals surface area contributed by atoms with Gasteiger partial charge in [0.15, 0.2) is 0 Å². The summed E-state index contributed by atoms with van der Waals surface area (Å²) in [5, 5.41) is 13.2. The molecular weight excluding hydrogens is 170 g/mol. The van der Waals surface area contributed by atoms with Crippen LogP contribution in [0.15, 0.2) is 16.8 Å². The van der Waals surface area contributed by atoms with Gasteiger partial charge in [-0.15, -0.1) is 0 Å². The smallest absolute Gasteiger partial charge is 0.0476 e. The largest absolute Gasteiger partial charge is 0.396 e. The number of rotatable bonds is 2. The van der Waals surface area contributed by atoms with Crippen LogP contribution < -0.4 is 4.90 Å². The molecule has 1 atom stereocenters. The number of aliphatic hydroxyl groups excluding tert-OH is 1. The summed E-state index contributed by atoms with van der Waals surface area (Å²) in [5.74, 6) is 0.491. The minimum Gasteiger partial charge on any atom is -0.396 e. The number of nitrogens with zero attached hydrogens (tertiary/aromatic N) is 1. The quantitative estimate of drug-likeness (QED) is 0.752. The molecule has 2 rings (SSSR count). The predicted molar refractivity (Wildman–Crippen MR) is 51.7 cm³/mol. The predicted octanol–water partition coefficient (Wildman–Crippen LogP) is 1.57. The molecule has 1 saturated heterocycles. The van der Waals surface area contributed by atoms with Crippen molar-refractivity contribution in [2.45, 2.75) is 6.42 Å². The molecule has 66 valence electrons. The third-order valence-electron chi connectivity index (χ3n) is 2.42. The summed E-state index contributed by atoms with van der Waals surface area (Å²) in [4.78, 5) is 2.34. The van der Waals surface area contributed by atoms with Crippen LogP contribution in [0.1, 0.15) is 6.42 Å². The van der Waals surface area contributed by atoms with Gasteiger partial charge >= 0.3 is 0 Å². The standard InChI is InChI=1S/C9H13NOS/c11-6-8-1-3-10(5-8)9-2-4-12-7-9/h2,4,7-8,11H,1,3,5-6H2/t8-/m0/s1. The normalized spacial score (nSPS) is 23.4. The Morgan fingerprint density at radius 3 is 3.17 bits per heavy atom. The number of hydrogen-bond donors (Lipinski definition) is 1. The monoisotopic (exact) mass is 183 g/mol. The van der Waals surface area contributed by atoms with Gasteiger partial charge in [-0.1, -0.05) is 0 Å². The molecule has 2 heterocycles. The Morgan fingerprint density at radius 1 is 1.67 bits per heavy atom. The summed E-state index contributed by atoms with van der Waals surface area (Å²) < 4.78 is 0. The third-order valence-corrected chi connectivity index (χ3v) is 3.09. The average molecular weight is 183 g/mol. The van der Waals surface area contributed by atoms with Crippen molar-refractivity contribution < 1.29 is 5.11 Å². The van der Waals surface area contributed by atoms with E-state index in [-0.39, 0.29) is 0 Å². The molecule has 0 spiro atoms.